The van der Waals surface area contributed by atoms with Crippen molar-refractivity contribution in [2.24, 2.45) is 7.05 Å². The molecule has 0 spiro atoms. The highest BCUT2D eigenvalue weighted by Crippen LogP contribution is 2.30. The van der Waals surface area contributed by atoms with Gasteiger partial charge in [-0.2, -0.15) is 0 Å². The number of pyridine rings is 2. The van der Waals surface area contributed by atoms with E-state index in [9.17, 15) is 4.79 Å². The minimum Gasteiger partial charge on any atom is -0.364 e. The second-order valence-corrected chi connectivity index (χ2v) is 7.39. The largest absolute Gasteiger partial charge is 0.364 e. The van der Waals surface area contributed by atoms with E-state index in [1.54, 1.807) is 42.3 Å². The fraction of sp³-hybridized carbons (Fsp3) is 0.400. The van der Waals surface area contributed by atoms with Crippen LogP contribution in [0, 0.1) is 6.57 Å². The third-order valence-corrected chi connectivity index (χ3v) is 5.46. The summed E-state index contributed by atoms with van der Waals surface area (Å²) in [5, 5.41) is 3.78. The molecule has 0 saturated carbocycles. The van der Waals surface area contributed by atoms with E-state index in [0.29, 0.717) is 11.3 Å². The zero-order valence-electron chi connectivity index (χ0n) is 16.2. The molecule has 1 fully saturated rings. The quantitative estimate of drug-likeness (QED) is 0.653. The number of piperazine rings is 1. The van der Waals surface area contributed by atoms with Crippen LogP contribution in [-0.4, -0.2) is 44.8 Å². The molecule has 0 aliphatic carbocycles. The van der Waals surface area contributed by atoms with Crippen molar-refractivity contribution >= 4 is 22.5 Å². The van der Waals surface area contributed by atoms with Gasteiger partial charge in [0, 0.05) is 50.4 Å². The number of aromatic nitrogens is 3. The summed E-state index contributed by atoms with van der Waals surface area (Å²) in [6.07, 6.45) is 3.42. The summed E-state index contributed by atoms with van der Waals surface area (Å²) in [6.45, 7) is 14.0. The number of fused-ring (bicyclic) bond motifs is 1. The van der Waals surface area contributed by atoms with Crippen molar-refractivity contribution in [3.8, 4) is 0 Å². The van der Waals surface area contributed by atoms with Gasteiger partial charge in [0.2, 0.25) is 5.52 Å². The minimum absolute atomic E-state index is 0.0772. The molecule has 8 heteroatoms. The standard InChI is InChI=1S/C20H22N6O2/c1-13-10-26(14(2)9-25(13)11-15-8-22-28-12-15)17-7-19(27)24(4)16-5-6-18(21-3)23-20(16)17/h5-8,12-14H,9-11H2,1-2,4H3/t13-,14+/m1/s1. The number of hydrogen-bond donors (Lipinski definition) is 0. The van der Waals surface area contributed by atoms with E-state index >= 15 is 0 Å². The van der Waals surface area contributed by atoms with Crippen LogP contribution in [0.1, 0.15) is 19.4 Å². The summed E-state index contributed by atoms with van der Waals surface area (Å²) < 4.78 is 6.53. The van der Waals surface area contributed by atoms with Crippen LogP contribution < -0.4 is 10.5 Å². The van der Waals surface area contributed by atoms with Gasteiger partial charge in [-0.25, -0.2) is 0 Å². The van der Waals surface area contributed by atoms with Crippen molar-refractivity contribution in [1.29, 1.82) is 0 Å². The molecule has 0 radical (unpaired) electrons. The van der Waals surface area contributed by atoms with Crippen LogP contribution in [0.4, 0.5) is 11.5 Å². The SMILES string of the molecule is [C-]#[N+]c1ccc2c(n1)c(N1C[C@@H](C)N(Cc3cnoc3)C[C@@H]1C)cc(=O)n2C. The molecule has 4 rings (SSSR count). The Morgan fingerprint density at radius 2 is 2.11 bits per heavy atom. The lowest BCUT2D eigenvalue weighted by atomic mass is 10.1. The highest BCUT2D eigenvalue weighted by Gasteiger charge is 2.31. The number of anilines is 1. The highest BCUT2D eigenvalue weighted by atomic mass is 16.5. The summed E-state index contributed by atoms with van der Waals surface area (Å²) in [4.78, 5) is 25.1. The first kappa shape index (κ1) is 18.2. The summed E-state index contributed by atoms with van der Waals surface area (Å²) in [7, 11) is 1.73. The molecular formula is C20H22N6O2. The van der Waals surface area contributed by atoms with E-state index in [1.807, 2.05) is 0 Å². The van der Waals surface area contributed by atoms with Gasteiger partial charge in [-0.05, 0) is 26.0 Å². The van der Waals surface area contributed by atoms with E-state index in [-0.39, 0.29) is 17.6 Å². The lowest BCUT2D eigenvalue weighted by Crippen LogP contribution is -2.56. The van der Waals surface area contributed by atoms with Crippen LogP contribution in [0.15, 0.2) is 40.0 Å². The Hall–Kier alpha value is -3.18. The molecule has 3 aromatic heterocycles. The lowest BCUT2D eigenvalue weighted by Gasteiger charge is -2.45. The topological polar surface area (TPSA) is 71.8 Å². The van der Waals surface area contributed by atoms with Gasteiger partial charge in [-0.3, -0.25) is 9.69 Å². The first-order valence-corrected chi connectivity index (χ1v) is 9.25. The maximum atomic E-state index is 12.5. The van der Waals surface area contributed by atoms with Crippen LogP contribution in [0.25, 0.3) is 15.9 Å². The molecule has 1 aliphatic rings. The predicted molar refractivity (Wildman–Crippen MR) is 106 cm³/mol. The van der Waals surface area contributed by atoms with Gasteiger partial charge >= 0.3 is 0 Å². The van der Waals surface area contributed by atoms with Gasteiger partial charge in [0.25, 0.3) is 11.4 Å². The third-order valence-electron chi connectivity index (χ3n) is 5.46. The fourth-order valence-electron chi connectivity index (χ4n) is 3.88. The smallest absolute Gasteiger partial charge is 0.270 e. The van der Waals surface area contributed by atoms with Crippen LogP contribution in [0.3, 0.4) is 0 Å². The Morgan fingerprint density at radius 1 is 1.29 bits per heavy atom. The zero-order valence-corrected chi connectivity index (χ0v) is 16.2. The Labute approximate surface area is 162 Å². The predicted octanol–water partition coefficient (Wildman–Crippen LogP) is 2.57. The van der Waals surface area contributed by atoms with Crippen LogP contribution >= 0.6 is 0 Å². The average molecular weight is 378 g/mol. The van der Waals surface area contributed by atoms with Crippen LogP contribution in [0.5, 0.6) is 0 Å². The van der Waals surface area contributed by atoms with Gasteiger partial charge in [-0.1, -0.05) is 11.7 Å². The van der Waals surface area contributed by atoms with E-state index in [4.69, 9.17) is 11.1 Å². The minimum atomic E-state index is -0.0772. The molecule has 8 nitrogen and oxygen atoms in total. The fourth-order valence-corrected chi connectivity index (χ4v) is 3.88. The molecule has 1 aliphatic heterocycles. The molecule has 4 heterocycles. The second kappa shape index (κ2) is 7.09. The number of hydrogen-bond acceptors (Lipinski definition) is 6. The van der Waals surface area contributed by atoms with Gasteiger partial charge in [0.15, 0.2) is 0 Å². The van der Waals surface area contributed by atoms with E-state index < -0.39 is 0 Å². The molecule has 2 atom stereocenters. The molecule has 3 aromatic rings. The Morgan fingerprint density at radius 3 is 2.82 bits per heavy atom. The normalized spacial score (nSPS) is 20.4. The first-order valence-electron chi connectivity index (χ1n) is 9.25. The van der Waals surface area contributed by atoms with Gasteiger partial charge in [0.05, 0.1) is 17.4 Å². The molecule has 0 amide bonds. The molecule has 0 N–H and O–H groups in total. The molecule has 0 unspecified atom stereocenters. The van der Waals surface area contributed by atoms with Crippen molar-refractivity contribution < 1.29 is 4.52 Å². The number of aryl methyl sites for hydroxylation is 1. The molecule has 0 bridgehead atoms. The maximum absolute atomic E-state index is 12.5. The summed E-state index contributed by atoms with van der Waals surface area (Å²) in [6, 6.07) is 5.55. The first-order chi connectivity index (χ1) is 13.5. The Kier molecular flexibility index (Phi) is 4.61. The summed E-state index contributed by atoms with van der Waals surface area (Å²) in [5.41, 5.74) is 3.21. The van der Waals surface area contributed by atoms with Crippen molar-refractivity contribution in [2.45, 2.75) is 32.5 Å². The molecular weight excluding hydrogens is 356 g/mol. The molecule has 144 valence electrons. The van der Waals surface area contributed by atoms with E-state index in [1.165, 1.54) is 0 Å². The van der Waals surface area contributed by atoms with Crippen molar-refractivity contribution in [1.82, 2.24) is 19.6 Å². The van der Waals surface area contributed by atoms with Crippen LogP contribution in [-0.2, 0) is 13.6 Å². The van der Waals surface area contributed by atoms with Gasteiger partial charge in [0.1, 0.15) is 6.26 Å². The second-order valence-electron chi connectivity index (χ2n) is 7.39. The van der Waals surface area contributed by atoms with Crippen molar-refractivity contribution in [3.05, 3.63) is 58.0 Å². The lowest BCUT2D eigenvalue weighted by molar-refractivity contribution is 0.158. The molecule has 0 aromatic carbocycles. The highest BCUT2D eigenvalue weighted by molar-refractivity contribution is 5.89. The van der Waals surface area contributed by atoms with Gasteiger partial charge in [-0.15, -0.1) is 4.98 Å². The average Bonchev–Trinajstić information content (AvgIpc) is 3.20. The zero-order chi connectivity index (χ0) is 19.8. The van der Waals surface area contributed by atoms with Crippen LogP contribution in [0.2, 0.25) is 0 Å². The molecule has 28 heavy (non-hydrogen) atoms. The monoisotopic (exact) mass is 378 g/mol. The third kappa shape index (κ3) is 3.14. The maximum Gasteiger partial charge on any atom is 0.270 e. The van der Waals surface area contributed by atoms with E-state index in [2.05, 4.69) is 38.6 Å². The summed E-state index contributed by atoms with van der Waals surface area (Å²) in [5.74, 6) is 0.333. The van der Waals surface area contributed by atoms with Crippen molar-refractivity contribution in [2.75, 3.05) is 18.0 Å². The Bertz CT molecular complexity index is 1100. The number of nitrogens with zero attached hydrogens (tertiary/aromatic N) is 6. The van der Waals surface area contributed by atoms with Crippen molar-refractivity contribution in [3.63, 3.8) is 0 Å². The number of rotatable bonds is 3. The van der Waals surface area contributed by atoms with E-state index in [0.717, 1.165) is 36.4 Å². The summed E-state index contributed by atoms with van der Waals surface area (Å²) >= 11 is 0. The molecule has 1 saturated heterocycles. The van der Waals surface area contributed by atoms with Gasteiger partial charge < -0.3 is 18.8 Å². The Balaban J connectivity index is 1.71.